The monoisotopic (exact) mass is 538 g/mol. The molecule has 0 bridgehead atoms. The van der Waals surface area contributed by atoms with Crippen LogP contribution in [0.5, 0.6) is 0 Å². The quantitative estimate of drug-likeness (QED) is 0.325. The third-order valence-corrected chi connectivity index (χ3v) is 7.94. The molecule has 0 unspecified atom stereocenters. The second-order valence-electron chi connectivity index (χ2n) is 8.73. The Labute approximate surface area is 207 Å². The van der Waals surface area contributed by atoms with Crippen LogP contribution in [-0.4, -0.2) is 50.1 Å². The van der Waals surface area contributed by atoms with E-state index in [-0.39, 0.29) is 33.3 Å². The summed E-state index contributed by atoms with van der Waals surface area (Å²) < 4.78 is 93.4. The van der Waals surface area contributed by atoms with Crippen LogP contribution in [0.25, 0.3) is 33.9 Å². The number of aryl methyl sites for hydroxylation is 1. The van der Waals surface area contributed by atoms with E-state index in [1.807, 2.05) is 12.1 Å². The molecule has 14 heteroatoms. The number of halogens is 5. The second-order valence-corrected chi connectivity index (χ2v) is 11.0. The normalized spacial score (nSPS) is 14.9. The zero-order chi connectivity index (χ0) is 26.8. The minimum Gasteiger partial charge on any atom is -0.309 e. The van der Waals surface area contributed by atoms with Crippen molar-refractivity contribution in [3.8, 4) is 22.8 Å². The minimum absolute atomic E-state index is 0.0879. The average molecular weight is 539 g/mol. The summed E-state index contributed by atoms with van der Waals surface area (Å²) in [6.07, 6.45) is -0.678. The number of imidazole rings is 1. The van der Waals surface area contributed by atoms with Crippen LogP contribution in [0.3, 0.4) is 0 Å². The van der Waals surface area contributed by atoms with E-state index in [0.29, 0.717) is 23.2 Å². The van der Waals surface area contributed by atoms with Crippen molar-refractivity contribution in [2.45, 2.75) is 42.7 Å². The first-order valence-electron chi connectivity index (χ1n) is 11.2. The van der Waals surface area contributed by atoms with Gasteiger partial charge in [0, 0.05) is 25.0 Å². The van der Waals surface area contributed by atoms with Gasteiger partial charge in [-0.2, -0.15) is 22.0 Å². The Kier molecular flexibility index (Phi) is 5.77. The first kappa shape index (κ1) is 25.1. The second kappa shape index (κ2) is 8.50. The predicted octanol–water partition coefficient (Wildman–Crippen LogP) is 4.81. The molecule has 1 aliphatic rings. The molecule has 4 aromatic heterocycles. The van der Waals surface area contributed by atoms with Crippen molar-refractivity contribution in [2.24, 2.45) is 7.05 Å². The fraction of sp³-hybridized carbons (Fsp3) is 0.348. The van der Waals surface area contributed by atoms with Gasteiger partial charge in [0.25, 0.3) is 0 Å². The van der Waals surface area contributed by atoms with Crippen molar-refractivity contribution >= 4 is 21.0 Å². The number of fused-ring (bicyclic) bond motifs is 1. The number of pyridine rings is 2. The van der Waals surface area contributed by atoms with Crippen molar-refractivity contribution in [3.05, 3.63) is 47.9 Å². The zero-order valence-corrected chi connectivity index (χ0v) is 20.3. The van der Waals surface area contributed by atoms with Crippen LogP contribution < -0.4 is 0 Å². The van der Waals surface area contributed by atoms with E-state index in [0.717, 1.165) is 18.4 Å². The fourth-order valence-electron chi connectivity index (χ4n) is 3.92. The molecule has 1 fully saturated rings. The lowest BCUT2D eigenvalue weighted by Gasteiger charge is -2.17. The van der Waals surface area contributed by atoms with Gasteiger partial charge in [-0.3, -0.25) is 9.97 Å². The molecule has 194 valence electrons. The molecule has 0 aliphatic heterocycles. The Morgan fingerprint density at radius 3 is 2.43 bits per heavy atom. The van der Waals surface area contributed by atoms with Crippen LogP contribution >= 0.6 is 0 Å². The van der Waals surface area contributed by atoms with Crippen LogP contribution in [0.4, 0.5) is 22.0 Å². The van der Waals surface area contributed by atoms with Crippen molar-refractivity contribution < 1.29 is 30.4 Å². The molecule has 1 saturated carbocycles. The van der Waals surface area contributed by atoms with Crippen LogP contribution in [0.2, 0.25) is 0 Å². The molecule has 0 N–H and O–H groups in total. The van der Waals surface area contributed by atoms with Crippen molar-refractivity contribution in [1.82, 2.24) is 29.7 Å². The molecule has 5 rings (SSSR count). The lowest BCUT2D eigenvalue weighted by atomic mass is 10.1. The van der Waals surface area contributed by atoms with Gasteiger partial charge in [0.05, 0.1) is 16.3 Å². The van der Waals surface area contributed by atoms with Gasteiger partial charge in [0.1, 0.15) is 16.9 Å². The molecular weight excluding hydrogens is 519 g/mol. The average Bonchev–Trinajstić information content (AvgIpc) is 3.67. The summed E-state index contributed by atoms with van der Waals surface area (Å²) in [5.41, 5.74) is -0.0987. The Morgan fingerprint density at radius 1 is 1.05 bits per heavy atom. The number of alkyl halides is 5. The third-order valence-electron chi connectivity index (χ3n) is 6.20. The Balaban J connectivity index is 1.66. The number of aromatic nitrogens is 6. The highest BCUT2D eigenvalue weighted by Crippen LogP contribution is 2.43. The molecule has 4 aromatic rings. The fourth-order valence-corrected chi connectivity index (χ4v) is 4.97. The summed E-state index contributed by atoms with van der Waals surface area (Å²) >= 11 is 0. The first-order valence-corrected chi connectivity index (χ1v) is 12.8. The smallest absolute Gasteiger partial charge is 0.309 e. The van der Waals surface area contributed by atoms with E-state index >= 15 is 0 Å². The third kappa shape index (κ3) is 4.32. The number of hydrogen-bond donors (Lipinski definition) is 0. The summed E-state index contributed by atoms with van der Waals surface area (Å²) in [5.74, 6) is -5.16. The van der Waals surface area contributed by atoms with Gasteiger partial charge in [-0.15, -0.1) is 10.2 Å². The highest BCUT2D eigenvalue weighted by atomic mass is 32.2. The molecule has 0 saturated heterocycles. The van der Waals surface area contributed by atoms with E-state index in [1.165, 1.54) is 30.8 Å². The number of rotatable bonds is 6. The lowest BCUT2D eigenvalue weighted by Crippen LogP contribution is -2.34. The highest BCUT2D eigenvalue weighted by Gasteiger charge is 2.60. The van der Waals surface area contributed by atoms with E-state index in [9.17, 15) is 30.4 Å². The van der Waals surface area contributed by atoms with E-state index < -0.39 is 27.6 Å². The van der Waals surface area contributed by atoms with Gasteiger partial charge < -0.3 is 4.57 Å². The van der Waals surface area contributed by atoms with E-state index in [1.54, 1.807) is 6.20 Å². The molecule has 0 radical (unpaired) electrons. The number of nitrogens with zero attached hydrogens (tertiary/aromatic N) is 6. The topological polar surface area (TPSA) is 104 Å². The van der Waals surface area contributed by atoms with Crippen molar-refractivity contribution in [2.75, 3.05) is 5.75 Å². The predicted molar refractivity (Wildman–Crippen MR) is 122 cm³/mol. The maximum atomic E-state index is 13.8. The Morgan fingerprint density at radius 2 is 1.78 bits per heavy atom. The van der Waals surface area contributed by atoms with Crippen molar-refractivity contribution in [1.29, 1.82) is 0 Å². The van der Waals surface area contributed by atoms with Crippen LogP contribution in [0.15, 0.2) is 41.6 Å². The van der Waals surface area contributed by atoms with Crippen molar-refractivity contribution in [3.63, 3.8) is 0 Å². The van der Waals surface area contributed by atoms with Gasteiger partial charge in [0.2, 0.25) is 0 Å². The standard InChI is InChI=1S/C23H19F5N6O2S/c1-3-37(35,36)17-9-14(15-8-13(6-7-29-15)12-4-5-12)11-30-19(17)21-31-16-10-18(22(24,25)23(26,27)28)32-33-20(16)34(21)2/h6-12H,3-5H2,1-2H3. The molecular formula is C23H19F5N6O2S. The van der Waals surface area contributed by atoms with E-state index in [4.69, 9.17) is 0 Å². The maximum absolute atomic E-state index is 13.8. The summed E-state index contributed by atoms with van der Waals surface area (Å²) in [7, 11) is -2.47. The minimum atomic E-state index is -5.88. The Hall–Kier alpha value is -3.55. The van der Waals surface area contributed by atoms with Gasteiger partial charge in [0.15, 0.2) is 21.3 Å². The van der Waals surface area contributed by atoms with E-state index in [2.05, 4.69) is 25.1 Å². The van der Waals surface area contributed by atoms with Gasteiger partial charge in [-0.05, 0) is 48.6 Å². The zero-order valence-electron chi connectivity index (χ0n) is 19.5. The van der Waals surface area contributed by atoms with Crippen LogP contribution in [-0.2, 0) is 22.8 Å². The molecule has 8 nitrogen and oxygen atoms in total. The molecule has 0 spiro atoms. The number of hydrogen-bond acceptors (Lipinski definition) is 7. The summed E-state index contributed by atoms with van der Waals surface area (Å²) in [5, 5.41) is 6.55. The molecule has 0 aromatic carbocycles. The van der Waals surface area contributed by atoms with Crippen LogP contribution in [0, 0.1) is 0 Å². The molecule has 37 heavy (non-hydrogen) atoms. The van der Waals surface area contributed by atoms with Gasteiger partial charge in [-0.25, -0.2) is 13.4 Å². The van der Waals surface area contributed by atoms with Gasteiger partial charge in [-0.1, -0.05) is 6.92 Å². The Bertz CT molecular complexity index is 1630. The van der Waals surface area contributed by atoms with Crippen LogP contribution in [0.1, 0.15) is 36.9 Å². The highest BCUT2D eigenvalue weighted by molar-refractivity contribution is 7.91. The summed E-state index contributed by atoms with van der Waals surface area (Å²) in [4.78, 5) is 12.6. The maximum Gasteiger partial charge on any atom is 0.459 e. The SMILES string of the molecule is CCS(=O)(=O)c1cc(-c2cc(C3CC3)ccn2)cnc1-c1nc2cc(C(F)(F)C(F)(F)F)nnc2n1C. The summed E-state index contributed by atoms with van der Waals surface area (Å²) in [6, 6.07) is 5.68. The summed E-state index contributed by atoms with van der Waals surface area (Å²) in [6.45, 7) is 1.45. The molecule has 4 heterocycles. The number of sulfone groups is 1. The first-order chi connectivity index (χ1) is 17.3. The molecule has 1 aliphatic carbocycles. The molecule has 0 atom stereocenters. The largest absolute Gasteiger partial charge is 0.459 e. The lowest BCUT2D eigenvalue weighted by molar-refractivity contribution is -0.291. The van der Waals surface area contributed by atoms with Gasteiger partial charge >= 0.3 is 12.1 Å². The molecule has 0 amide bonds.